The van der Waals surface area contributed by atoms with E-state index < -0.39 is 34.9 Å². The highest BCUT2D eigenvalue weighted by atomic mass is 79.9. The number of halogens is 5. The van der Waals surface area contributed by atoms with Gasteiger partial charge in [0.05, 0.1) is 53.5 Å². The SMILES string of the molecule is CNC(=O)c1nn2c(c1Br)CN(c1nc(OC)nc3c1COC(c1c(C(F)(F)F)ccc(N)c1F)C3)CCC2. The number of anilines is 2. The predicted octanol–water partition coefficient (Wildman–Crippen LogP) is 3.77. The van der Waals surface area contributed by atoms with Gasteiger partial charge < -0.3 is 25.4 Å². The summed E-state index contributed by atoms with van der Waals surface area (Å²) in [6.45, 7) is 1.27. The van der Waals surface area contributed by atoms with Gasteiger partial charge in [0.2, 0.25) is 0 Å². The average molecular weight is 614 g/mol. The molecule has 208 valence electrons. The summed E-state index contributed by atoms with van der Waals surface area (Å²) in [5, 5.41) is 7.00. The fourth-order valence-corrected chi connectivity index (χ4v) is 5.46. The van der Waals surface area contributed by atoms with Crippen LogP contribution in [-0.4, -0.2) is 46.4 Å². The highest BCUT2D eigenvalue weighted by molar-refractivity contribution is 9.10. The minimum atomic E-state index is -4.81. The number of aryl methyl sites for hydroxylation is 1. The molecule has 39 heavy (non-hydrogen) atoms. The van der Waals surface area contributed by atoms with Crippen LogP contribution in [0.3, 0.4) is 0 Å². The first kappa shape index (κ1) is 27.1. The summed E-state index contributed by atoms with van der Waals surface area (Å²) in [6, 6.07) is 1.65. The lowest BCUT2D eigenvalue weighted by Gasteiger charge is -2.31. The quantitative estimate of drug-likeness (QED) is 0.337. The van der Waals surface area contributed by atoms with Gasteiger partial charge in [0, 0.05) is 37.7 Å². The van der Waals surface area contributed by atoms with Crippen LogP contribution < -0.4 is 20.7 Å². The van der Waals surface area contributed by atoms with Crippen LogP contribution in [0.4, 0.5) is 29.1 Å². The van der Waals surface area contributed by atoms with Crippen LogP contribution in [0.1, 0.15) is 51.1 Å². The number of hydrogen-bond donors (Lipinski definition) is 2. The maximum atomic E-state index is 15.0. The zero-order valence-corrected chi connectivity index (χ0v) is 22.5. The summed E-state index contributed by atoms with van der Waals surface area (Å²) >= 11 is 3.49. The van der Waals surface area contributed by atoms with Crippen LogP contribution in [0.5, 0.6) is 6.01 Å². The third kappa shape index (κ3) is 4.88. The molecule has 15 heteroatoms. The van der Waals surface area contributed by atoms with E-state index in [2.05, 4.69) is 36.3 Å². The van der Waals surface area contributed by atoms with Gasteiger partial charge in [-0.15, -0.1) is 0 Å². The minimum Gasteiger partial charge on any atom is -0.467 e. The van der Waals surface area contributed by atoms with Crippen molar-refractivity contribution in [1.29, 1.82) is 0 Å². The van der Waals surface area contributed by atoms with Crippen molar-refractivity contribution in [2.24, 2.45) is 0 Å². The Labute approximate surface area is 228 Å². The highest BCUT2D eigenvalue weighted by Gasteiger charge is 2.40. The first-order valence-electron chi connectivity index (χ1n) is 12.0. The van der Waals surface area contributed by atoms with Crippen molar-refractivity contribution in [3.8, 4) is 6.01 Å². The van der Waals surface area contributed by atoms with Gasteiger partial charge in [0.15, 0.2) is 11.5 Å². The van der Waals surface area contributed by atoms with Crippen molar-refractivity contribution in [1.82, 2.24) is 25.1 Å². The number of alkyl halides is 3. The van der Waals surface area contributed by atoms with E-state index in [0.717, 1.165) is 17.8 Å². The molecular weight excluding hydrogens is 590 g/mol. The number of nitrogens with zero attached hydrogens (tertiary/aromatic N) is 5. The average Bonchev–Trinajstić information content (AvgIpc) is 3.07. The Morgan fingerprint density at radius 1 is 1.28 bits per heavy atom. The molecule has 2 aliphatic heterocycles. The molecule has 0 bridgehead atoms. The molecule has 0 spiro atoms. The van der Waals surface area contributed by atoms with E-state index in [1.807, 2.05) is 4.90 Å². The molecule has 2 aliphatic rings. The molecule has 3 aromatic rings. The monoisotopic (exact) mass is 613 g/mol. The van der Waals surface area contributed by atoms with Crippen LogP contribution in [0.25, 0.3) is 0 Å². The van der Waals surface area contributed by atoms with Crippen LogP contribution >= 0.6 is 15.9 Å². The normalized spacial score (nSPS) is 17.3. The zero-order valence-electron chi connectivity index (χ0n) is 20.9. The van der Waals surface area contributed by atoms with Gasteiger partial charge >= 0.3 is 12.2 Å². The molecule has 1 atom stereocenters. The van der Waals surface area contributed by atoms with E-state index in [9.17, 15) is 22.4 Å². The molecule has 0 saturated carbocycles. The first-order chi connectivity index (χ1) is 18.5. The van der Waals surface area contributed by atoms with E-state index in [1.165, 1.54) is 14.2 Å². The lowest BCUT2D eigenvalue weighted by molar-refractivity contribution is -0.140. The summed E-state index contributed by atoms with van der Waals surface area (Å²) in [5.74, 6) is -1.03. The molecule has 1 unspecified atom stereocenters. The standard InChI is InChI=1S/C24H24BrF4N7O3/c1-31-22(37)20-18(25)15-9-35(6-3-7-36(15)34-20)21-11-10-39-16(8-14(11)32-23(33-21)38-2)17-12(24(27,28)29)4-5-13(30)19(17)26/h4-5,16H,3,6-10,30H2,1-2H3,(H,31,37). The van der Waals surface area contributed by atoms with Crippen molar-refractivity contribution in [2.45, 2.75) is 44.8 Å². The summed E-state index contributed by atoms with van der Waals surface area (Å²) in [6.07, 6.45) is -5.57. The molecule has 0 saturated heterocycles. The van der Waals surface area contributed by atoms with Crippen LogP contribution in [-0.2, 0) is 37.0 Å². The van der Waals surface area contributed by atoms with Crippen molar-refractivity contribution >= 4 is 33.3 Å². The van der Waals surface area contributed by atoms with Crippen LogP contribution in [0.2, 0.25) is 0 Å². The van der Waals surface area contributed by atoms with Crippen LogP contribution in [0.15, 0.2) is 16.6 Å². The smallest absolute Gasteiger partial charge is 0.416 e. The number of rotatable bonds is 4. The third-order valence-corrected chi connectivity index (χ3v) is 7.58. The Morgan fingerprint density at radius 3 is 2.74 bits per heavy atom. The first-order valence-corrected chi connectivity index (χ1v) is 12.7. The zero-order chi connectivity index (χ0) is 28.1. The Morgan fingerprint density at radius 2 is 2.05 bits per heavy atom. The van der Waals surface area contributed by atoms with E-state index in [4.69, 9.17) is 15.2 Å². The van der Waals surface area contributed by atoms with E-state index in [-0.39, 0.29) is 30.6 Å². The molecule has 2 aromatic heterocycles. The highest BCUT2D eigenvalue weighted by Crippen LogP contribution is 2.43. The van der Waals surface area contributed by atoms with E-state index in [1.54, 1.807) is 4.68 Å². The summed E-state index contributed by atoms with van der Waals surface area (Å²) in [7, 11) is 2.90. The molecule has 0 radical (unpaired) electrons. The maximum absolute atomic E-state index is 15.0. The van der Waals surface area contributed by atoms with Gasteiger partial charge in [-0.25, -0.2) is 4.39 Å². The van der Waals surface area contributed by atoms with Gasteiger partial charge in [-0.2, -0.15) is 28.2 Å². The lowest BCUT2D eigenvalue weighted by atomic mass is 9.94. The number of carbonyl (C=O) groups is 1. The second-order valence-corrected chi connectivity index (χ2v) is 9.87. The van der Waals surface area contributed by atoms with Gasteiger partial charge in [0.25, 0.3) is 5.91 Å². The number of ether oxygens (including phenoxy) is 2. The van der Waals surface area contributed by atoms with Gasteiger partial charge in [-0.05, 0) is 34.5 Å². The third-order valence-electron chi connectivity index (χ3n) is 6.75. The van der Waals surface area contributed by atoms with Gasteiger partial charge in [-0.3, -0.25) is 9.48 Å². The van der Waals surface area contributed by atoms with Crippen LogP contribution in [0, 0.1) is 5.82 Å². The molecule has 10 nitrogen and oxygen atoms in total. The lowest BCUT2D eigenvalue weighted by Crippen LogP contribution is -2.29. The molecule has 3 N–H and O–H groups in total. The number of nitrogen functional groups attached to an aromatic ring is 1. The number of nitrogens with two attached hydrogens (primary N) is 1. The number of carbonyl (C=O) groups excluding carboxylic acids is 1. The molecule has 1 amide bonds. The van der Waals surface area contributed by atoms with Crippen molar-refractivity contribution < 1.29 is 31.8 Å². The Kier molecular flexibility index (Phi) is 7.13. The van der Waals surface area contributed by atoms with E-state index in [0.29, 0.717) is 47.6 Å². The number of hydrogen-bond acceptors (Lipinski definition) is 8. The molecule has 1 aromatic carbocycles. The number of methoxy groups -OCH3 is 1. The number of aromatic nitrogens is 4. The summed E-state index contributed by atoms with van der Waals surface area (Å²) < 4.78 is 69.7. The molecule has 5 rings (SSSR count). The molecule has 4 heterocycles. The number of amides is 1. The van der Waals surface area contributed by atoms with E-state index >= 15 is 0 Å². The number of nitrogens with one attached hydrogen (secondary N) is 1. The van der Waals surface area contributed by atoms with Gasteiger partial charge in [-0.1, -0.05) is 0 Å². The number of fused-ring (bicyclic) bond motifs is 2. The Balaban J connectivity index is 1.53. The Bertz CT molecular complexity index is 1450. The maximum Gasteiger partial charge on any atom is 0.416 e. The van der Waals surface area contributed by atoms with Gasteiger partial charge in [0.1, 0.15) is 5.82 Å². The van der Waals surface area contributed by atoms with Crippen molar-refractivity contribution in [2.75, 3.05) is 31.3 Å². The summed E-state index contributed by atoms with van der Waals surface area (Å²) in [4.78, 5) is 23.1. The topological polar surface area (TPSA) is 120 Å². The van der Waals surface area contributed by atoms with Crippen molar-refractivity contribution in [3.05, 3.63) is 56.2 Å². The largest absolute Gasteiger partial charge is 0.467 e. The minimum absolute atomic E-state index is 0.0105. The second-order valence-electron chi connectivity index (χ2n) is 9.08. The Hall–Kier alpha value is -3.46. The fourth-order valence-electron chi connectivity index (χ4n) is 4.87. The molecule has 0 fully saturated rings. The second kappa shape index (κ2) is 10.3. The molecular formula is C24H24BrF4N7O3. The predicted molar refractivity (Wildman–Crippen MR) is 135 cm³/mol. The summed E-state index contributed by atoms with van der Waals surface area (Å²) in [5.41, 5.74) is 5.34. The molecule has 0 aliphatic carbocycles. The van der Waals surface area contributed by atoms with Crippen molar-refractivity contribution in [3.63, 3.8) is 0 Å². The fraction of sp³-hybridized carbons (Fsp3) is 0.417. The number of benzene rings is 1.